The summed E-state index contributed by atoms with van der Waals surface area (Å²) in [6.45, 7) is 0. The fourth-order valence-electron chi connectivity index (χ4n) is 0. The number of hydrogen-bond donors (Lipinski definition) is 1. The Morgan fingerprint density at radius 1 is 1.43 bits per heavy atom. The maximum Gasteiger partial charge on any atom is 1.00 e. The fourth-order valence-corrected chi connectivity index (χ4v) is 0. The van der Waals surface area contributed by atoms with Gasteiger partial charge in [-0.05, 0) is 0 Å². The van der Waals surface area contributed by atoms with E-state index >= 15 is 0 Å². The van der Waals surface area contributed by atoms with Crippen molar-refractivity contribution in [2.24, 2.45) is 0 Å². The van der Waals surface area contributed by atoms with E-state index in [2.05, 4.69) is 0 Å². The van der Waals surface area contributed by atoms with Crippen LogP contribution in [0.2, 0.25) is 0 Å². The normalized spacial score (nSPS) is 10.3. The maximum absolute atomic E-state index is 10.5. The van der Waals surface area contributed by atoms with Crippen molar-refractivity contribution in [1.82, 2.24) is 0 Å². The van der Waals surface area contributed by atoms with E-state index in [0.717, 1.165) is 0 Å². The molecule has 40 valence electrons. The standard InChI is InChI=1S/CHF3OS.Li.H/c2-1(3,4)6-5;;/h5H;;/q;+1;-1. The molecule has 1 N–H and O–H groups in total. The van der Waals surface area contributed by atoms with Gasteiger partial charge in [-0.1, -0.05) is 0 Å². The minimum absolute atomic E-state index is 0. The Labute approximate surface area is 56.1 Å². The smallest absolute Gasteiger partial charge is 1.00 e. The molecule has 0 atom stereocenters. The van der Waals surface area contributed by atoms with Crippen LogP contribution < -0.4 is 18.9 Å². The summed E-state index contributed by atoms with van der Waals surface area (Å²) in [5.74, 6) is 0. The topological polar surface area (TPSA) is 20.2 Å². The molecule has 0 radical (unpaired) electrons. The summed E-state index contributed by atoms with van der Waals surface area (Å²) in [5.41, 5.74) is -4.49. The average molecular weight is 126 g/mol. The van der Waals surface area contributed by atoms with Crippen LogP contribution in [0.1, 0.15) is 1.43 Å². The summed E-state index contributed by atoms with van der Waals surface area (Å²) < 4.78 is 38.7. The molecule has 0 fully saturated rings. The van der Waals surface area contributed by atoms with Crippen molar-refractivity contribution in [2.75, 3.05) is 0 Å². The maximum atomic E-state index is 10.5. The fraction of sp³-hybridized carbons (Fsp3) is 1.00. The summed E-state index contributed by atoms with van der Waals surface area (Å²) in [6, 6.07) is 0. The van der Waals surface area contributed by atoms with Gasteiger partial charge in [0.1, 0.15) is 12.0 Å². The van der Waals surface area contributed by atoms with E-state index in [1.54, 1.807) is 0 Å². The molecule has 0 aliphatic rings. The Bertz CT molecular complexity index is 49.0. The molecule has 7 heavy (non-hydrogen) atoms. The molecule has 0 spiro atoms. The first kappa shape index (κ1) is 10.6. The van der Waals surface area contributed by atoms with Gasteiger partial charge in [-0.15, -0.1) is 0 Å². The minimum atomic E-state index is -4.49. The summed E-state index contributed by atoms with van der Waals surface area (Å²) in [7, 11) is 0. The third-order valence-corrected chi connectivity index (χ3v) is 0.311. The van der Waals surface area contributed by atoms with Crippen LogP contribution in [0.5, 0.6) is 0 Å². The molecule has 0 aromatic carbocycles. The van der Waals surface area contributed by atoms with Crippen molar-refractivity contribution in [2.45, 2.75) is 5.51 Å². The van der Waals surface area contributed by atoms with Gasteiger partial charge in [0.05, 0.1) is 0 Å². The van der Waals surface area contributed by atoms with Crippen LogP contribution in [0, 0.1) is 0 Å². The summed E-state index contributed by atoms with van der Waals surface area (Å²) in [6.07, 6.45) is 0. The zero-order valence-electron chi connectivity index (χ0n) is 4.49. The van der Waals surface area contributed by atoms with Crippen LogP contribution in [-0.4, -0.2) is 10.1 Å². The van der Waals surface area contributed by atoms with E-state index in [4.69, 9.17) is 4.55 Å². The van der Waals surface area contributed by atoms with Crippen molar-refractivity contribution in [3.8, 4) is 0 Å². The van der Waals surface area contributed by atoms with Crippen LogP contribution in [0.25, 0.3) is 0 Å². The van der Waals surface area contributed by atoms with E-state index in [1.807, 2.05) is 0 Å². The van der Waals surface area contributed by atoms with Crippen LogP contribution in [0.4, 0.5) is 13.2 Å². The van der Waals surface area contributed by atoms with Gasteiger partial charge in [0.15, 0.2) is 0 Å². The zero-order valence-corrected chi connectivity index (χ0v) is 4.31. The van der Waals surface area contributed by atoms with Crippen molar-refractivity contribution < 1.29 is 38.0 Å². The number of halogens is 3. The van der Waals surface area contributed by atoms with Gasteiger partial charge in [-0.3, -0.25) is 0 Å². The molecule has 6 heteroatoms. The Morgan fingerprint density at radius 3 is 1.57 bits per heavy atom. The van der Waals surface area contributed by atoms with Crippen molar-refractivity contribution in [1.29, 1.82) is 0 Å². The Hall–Kier alpha value is 0.697. The van der Waals surface area contributed by atoms with E-state index in [-0.39, 0.29) is 20.3 Å². The minimum Gasteiger partial charge on any atom is -1.00 e. The monoisotopic (exact) mass is 126 g/mol. The molecule has 0 saturated heterocycles. The second-order valence-corrected chi connectivity index (χ2v) is 1.18. The molecular weight excluding hydrogens is 124 g/mol. The summed E-state index contributed by atoms with van der Waals surface area (Å²) in [5, 5.41) is 0. The summed E-state index contributed by atoms with van der Waals surface area (Å²) in [4.78, 5) is 0. The van der Waals surface area contributed by atoms with Crippen molar-refractivity contribution in [3.63, 3.8) is 0 Å². The van der Waals surface area contributed by atoms with Crippen LogP contribution in [0.3, 0.4) is 0 Å². The molecule has 0 bridgehead atoms. The second kappa shape index (κ2) is 3.67. The molecule has 0 amide bonds. The quantitative estimate of drug-likeness (QED) is 0.326. The van der Waals surface area contributed by atoms with Crippen molar-refractivity contribution >= 4 is 12.0 Å². The van der Waals surface area contributed by atoms with Crippen LogP contribution >= 0.6 is 12.0 Å². The first-order chi connectivity index (χ1) is 2.56. The zero-order chi connectivity index (χ0) is 5.21. The molecule has 0 rings (SSSR count). The van der Waals surface area contributed by atoms with Crippen molar-refractivity contribution in [3.05, 3.63) is 0 Å². The largest absolute Gasteiger partial charge is 1.00 e. The van der Waals surface area contributed by atoms with Gasteiger partial charge in [0, 0.05) is 0 Å². The molecule has 0 aromatic heterocycles. The van der Waals surface area contributed by atoms with Gasteiger partial charge in [0.2, 0.25) is 0 Å². The Morgan fingerprint density at radius 2 is 1.57 bits per heavy atom. The third-order valence-electron chi connectivity index (χ3n) is 0.104. The van der Waals surface area contributed by atoms with Crippen LogP contribution in [0.15, 0.2) is 0 Å². The first-order valence-electron chi connectivity index (χ1n) is 0.954. The summed E-state index contributed by atoms with van der Waals surface area (Å²) >= 11 is -1.12. The predicted molar refractivity (Wildman–Crippen MR) is 17.4 cm³/mol. The number of rotatable bonds is 0. The predicted octanol–water partition coefficient (Wildman–Crippen LogP) is -1.17. The molecule has 0 unspecified atom stereocenters. The van der Waals surface area contributed by atoms with Gasteiger partial charge in [0.25, 0.3) is 0 Å². The van der Waals surface area contributed by atoms with Crippen LogP contribution in [-0.2, 0) is 0 Å². The first-order valence-corrected chi connectivity index (χ1v) is 1.73. The molecule has 0 aliphatic carbocycles. The van der Waals surface area contributed by atoms with E-state index in [1.165, 1.54) is 0 Å². The average Bonchev–Trinajstić information content (AvgIpc) is 1.35. The Balaban J connectivity index is -0.000000125. The van der Waals surface area contributed by atoms with Gasteiger partial charge < -0.3 is 5.98 Å². The number of alkyl halides is 3. The SMILES string of the molecule is OSC(F)(F)F.[H-].[Li+]. The van der Waals surface area contributed by atoms with E-state index in [9.17, 15) is 13.2 Å². The molecule has 0 aliphatic heterocycles. The molecular formula is CH2F3LiOS. The molecule has 0 saturated carbocycles. The van der Waals surface area contributed by atoms with Gasteiger partial charge >= 0.3 is 24.4 Å². The molecule has 0 aromatic rings. The molecule has 0 heterocycles. The van der Waals surface area contributed by atoms with Gasteiger partial charge in [-0.25, -0.2) is 0 Å². The third kappa shape index (κ3) is 10.8. The second-order valence-electron chi connectivity index (χ2n) is 0.537. The van der Waals surface area contributed by atoms with Gasteiger partial charge in [-0.2, -0.15) is 13.2 Å². The Kier molecular flexibility index (Phi) is 5.58. The molecule has 1 nitrogen and oxygen atoms in total. The van der Waals surface area contributed by atoms with E-state index in [0.29, 0.717) is 0 Å². The van der Waals surface area contributed by atoms with E-state index < -0.39 is 17.6 Å². The number of hydrogen-bond acceptors (Lipinski definition) is 2.